The van der Waals surface area contributed by atoms with E-state index in [-0.39, 0.29) is 0 Å². The summed E-state index contributed by atoms with van der Waals surface area (Å²) in [6.07, 6.45) is 9.40. The van der Waals surface area contributed by atoms with Crippen LogP contribution in [0.4, 0.5) is 0 Å². The predicted octanol–water partition coefficient (Wildman–Crippen LogP) is 4.51. The van der Waals surface area contributed by atoms with E-state index in [1.165, 1.54) is 50.6 Å². The molecule has 0 radical (unpaired) electrons. The molecule has 92 valence electrons. The molecular formula is C15H27N. The Kier molecular flexibility index (Phi) is 5.65. The molecule has 1 aliphatic rings. The molecule has 0 aromatic rings. The van der Waals surface area contributed by atoms with Crippen LogP contribution in [0.2, 0.25) is 0 Å². The molecule has 1 nitrogen and oxygen atoms in total. The van der Waals surface area contributed by atoms with Gasteiger partial charge in [-0.05, 0) is 31.8 Å². The Balaban J connectivity index is 2.61. The second-order valence-electron chi connectivity index (χ2n) is 5.07. The Morgan fingerprint density at radius 2 is 1.81 bits per heavy atom. The molecule has 1 rings (SSSR count). The van der Waals surface area contributed by atoms with Crippen molar-refractivity contribution in [2.75, 3.05) is 6.54 Å². The molecular weight excluding hydrogens is 194 g/mol. The topological polar surface area (TPSA) is 3.24 Å². The van der Waals surface area contributed by atoms with Crippen LogP contribution in [0.3, 0.4) is 0 Å². The van der Waals surface area contributed by atoms with E-state index in [0.717, 1.165) is 18.2 Å². The van der Waals surface area contributed by atoms with E-state index in [4.69, 9.17) is 0 Å². The van der Waals surface area contributed by atoms with Crippen molar-refractivity contribution in [3.8, 4) is 0 Å². The van der Waals surface area contributed by atoms with Crippen molar-refractivity contribution in [1.82, 2.24) is 4.90 Å². The smallest absolute Gasteiger partial charge is 0.0319 e. The first-order valence-corrected chi connectivity index (χ1v) is 6.78. The minimum atomic E-state index is 0.726. The molecule has 1 heteroatoms. The predicted molar refractivity (Wildman–Crippen MR) is 72.4 cm³/mol. The highest BCUT2D eigenvalue weighted by atomic mass is 15.2. The van der Waals surface area contributed by atoms with Gasteiger partial charge in [0, 0.05) is 18.3 Å². The van der Waals surface area contributed by atoms with Gasteiger partial charge in [0.1, 0.15) is 0 Å². The summed E-state index contributed by atoms with van der Waals surface area (Å²) in [5, 5.41) is 0. The van der Waals surface area contributed by atoms with Gasteiger partial charge in [0.2, 0.25) is 0 Å². The maximum Gasteiger partial charge on any atom is 0.0319 e. The van der Waals surface area contributed by atoms with Crippen molar-refractivity contribution in [2.24, 2.45) is 0 Å². The number of hydrogen-bond acceptors (Lipinski definition) is 1. The Bertz CT molecular complexity index is 236. The zero-order valence-corrected chi connectivity index (χ0v) is 11.1. The van der Waals surface area contributed by atoms with Gasteiger partial charge in [-0.3, -0.25) is 0 Å². The summed E-state index contributed by atoms with van der Waals surface area (Å²) < 4.78 is 0. The summed E-state index contributed by atoms with van der Waals surface area (Å²) in [5.41, 5.74) is 2.29. The van der Waals surface area contributed by atoms with E-state index in [9.17, 15) is 0 Å². The molecule has 0 bridgehead atoms. The maximum absolute atomic E-state index is 4.21. The Labute approximate surface area is 101 Å². The minimum Gasteiger partial charge on any atom is -0.369 e. The lowest BCUT2D eigenvalue weighted by Crippen LogP contribution is -2.36. The van der Waals surface area contributed by atoms with Crippen LogP contribution in [0, 0.1) is 0 Å². The van der Waals surface area contributed by atoms with Crippen LogP contribution in [0.1, 0.15) is 58.8 Å². The second kappa shape index (κ2) is 6.78. The second-order valence-corrected chi connectivity index (χ2v) is 5.07. The first-order valence-electron chi connectivity index (χ1n) is 6.78. The summed E-state index contributed by atoms with van der Waals surface area (Å²) in [6.45, 7) is 13.7. The maximum atomic E-state index is 4.21. The normalized spacial score (nSPS) is 17.1. The monoisotopic (exact) mass is 221 g/mol. The third-order valence-electron chi connectivity index (χ3n) is 3.61. The lowest BCUT2D eigenvalue weighted by molar-refractivity contribution is 0.201. The summed E-state index contributed by atoms with van der Waals surface area (Å²) >= 11 is 0. The molecule has 0 N–H and O–H groups in total. The van der Waals surface area contributed by atoms with Gasteiger partial charge >= 0.3 is 0 Å². The van der Waals surface area contributed by atoms with E-state index >= 15 is 0 Å². The molecule has 0 unspecified atom stereocenters. The highest BCUT2D eigenvalue weighted by Crippen LogP contribution is 2.27. The molecule has 0 aromatic heterocycles. The average molecular weight is 221 g/mol. The Hall–Kier alpha value is -0.720. The van der Waals surface area contributed by atoms with Crippen LogP contribution in [0.5, 0.6) is 0 Å². The molecule has 0 aromatic carbocycles. The summed E-state index contributed by atoms with van der Waals surface area (Å²) in [6, 6.07) is 0.726. The molecule has 16 heavy (non-hydrogen) atoms. The SMILES string of the molecule is C=C(C)C(=C)N(CCCC)C1CCCCC1. The van der Waals surface area contributed by atoms with Gasteiger partial charge in [-0.2, -0.15) is 0 Å². The molecule has 0 heterocycles. The fraction of sp³-hybridized carbons (Fsp3) is 0.733. The summed E-state index contributed by atoms with van der Waals surface area (Å²) in [5.74, 6) is 0. The van der Waals surface area contributed by atoms with Crippen LogP contribution >= 0.6 is 0 Å². The lowest BCUT2D eigenvalue weighted by atomic mass is 9.93. The van der Waals surface area contributed by atoms with Gasteiger partial charge < -0.3 is 4.90 Å². The molecule has 0 saturated heterocycles. The first-order chi connectivity index (χ1) is 7.66. The quantitative estimate of drug-likeness (QED) is 0.596. The zero-order valence-electron chi connectivity index (χ0n) is 11.1. The Morgan fingerprint density at radius 1 is 1.19 bits per heavy atom. The van der Waals surface area contributed by atoms with Gasteiger partial charge in [0.25, 0.3) is 0 Å². The van der Waals surface area contributed by atoms with Crippen LogP contribution in [0.15, 0.2) is 24.4 Å². The van der Waals surface area contributed by atoms with Crippen molar-refractivity contribution >= 4 is 0 Å². The van der Waals surface area contributed by atoms with Gasteiger partial charge in [-0.15, -0.1) is 0 Å². The molecule has 0 atom stereocenters. The van der Waals surface area contributed by atoms with Crippen LogP contribution in [-0.2, 0) is 0 Å². The minimum absolute atomic E-state index is 0.726. The first kappa shape index (κ1) is 13.3. The summed E-state index contributed by atoms with van der Waals surface area (Å²) in [7, 11) is 0. The molecule has 0 amide bonds. The fourth-order valence-corrected chi connectivity index (χ4v) is 2.50. The van der Waals surface area contributed by atoms with Crippen molar-refractivity contribution < 1.29 is 0 Å². The van der Waals surface area contributed by atoms with E-state index in [2.05, 4.69) is 31.9 Å². The van der Waals surface area contributed by atoms with E-state index < -0.39 is 0 Å². The van der Waals surface area contributed by atoms with Crippen molar-refractivity contribution in [3.05, 3.63) is 24.4 Å². The number of hydrogen-bond donors (Lipinski definition) is 0. The van der Waals surface area contributed by atoms with E-state index in [1.807, 2.05) is 0 Å². The van der Waals surface area contributed by atoms with Crippen LogP contribution in [-0.4, -0.2) is 17.5 Å². The van der Waals surface area contributed by atoms with Crippen molar-refractivity contribution in [3.63, 3.8) is 0 Å². The van der Waals surface area contributed by atoms with Crippen molar-refractivity contribution in [2.45, 2.75) is 64.8 Å². The van der Waals surface area contributed by atoms with Crippen LogP contribution in [0.25, 0.3) is 0 Å². The molecule has 1 aliphatic carbocycles. The van der Waals surface area contributed by atoms with Crippen LogP contribution < -0.4 is 0 Å². The largest absolute Gasteiger partial charge is 0.369 e. The van der Waals surface area contributed by atoms with Gasteiger partial charge in [0.15, 0.2) is 0 Å². The molecule has 0 aliphatic heterocycles. The highest BCUT2D eigenvalue weighted by Gasteiger charge is 2.21. The van der Waals surface area contributed by atoms with Crippen molar-refractivity contribution in [1.29, 1.82) is 0 Å². The molecule has 1 fully saturated rings. The number of nitrogens with zero attached hydrogens (tertiary/aromatic N) is 1. The molecule has 0 spiro atoms. The molecule has 1 saturated carbocycles. The number of allylic oxidation sites excluding steroid dienone is 1. The number of unbranched alkanes of at least 4 members (excludes halogenated alkanes) is 1. The lowest BCUT2D eigenvalue weighted by Gasteiger charge is -2.37. The van der Waals surface area contributed by atoms with E-state index in [1.54, 1.807) is 0 Å². The standard InChI is InChI=1S/C15H27N/c1-5-6-12-16(14(4)13(2)3)15-10-8-7-9-11-15/h15H,2,4-12H2,1,3H3. The summed E-state index contributed by atoms with van der Waals surface area (Å²) in [4.78, 5) is 2.52. The fourth-order valence-electron chi connectivity index (χ4n) is 2.50. The van der Waals surface area contributed by atoms with Gasteiger partial charge in [-0.1, -0.05) is 45.8 Å². The third kappa shape index (κ3) is 3.70. The van der Waals surface area contributed by atoms with Gasteiger partial charge in [-0.25, -0.2) is 0 Å². The highest BCUT2D eigenvalue weighted by molar-refractivity contribution is 5.22. The number of rotatable bonds is 6. The Morgan fingerprint density at radius 3 is 2.31 bits per heavy atom. The zero-order chi connectivity index (χ0) is 12.0. The van der Waals surface area contributed by atoms with E-state index in [0.29, 0.717) is 0 Å². The van der Waals surface area contributed by atoms with Gasteiger partial charge in [0.05, 0.1) is 0 Å². The third-order valence-corrected chi connectivity index (χ3v) is 3.61. The average Bonchev–Trinajstić information content (AvgIpc) is 2.30.